The number of amides is 1. The van der Waals surface area contributed by atoms with E-state index in [1.54, 1.807) is 6.07 Å². The summed E-state index contributed by atoms with van der Waals surface area (Å²) in [5.74, 6) is 1.23. The molecule has 9 heteroatoms. The van der Waals surface area contributed by atoms with Crippen LogP contribution in [0.15, 0.2) is 33.7 Å². The van der Waals surface area contributed by atoms with E-state index in [1.165, 1.54) is 12.5 Å². The molecular weight excluding hydrogens is 336 g/mol. The Kier molecular flexibility index (Phi) is 4.27. The molecule has 0 N–H and O–H groups in total. The molecule has 3 aromatic heterocycles. The predicted molar refractivity (Wildman–Crippen MR) is 90.3 cm³/mol. The fourth-order valence-electron chi connectivity index (χ4n) is 3.03. The van der Waals surface area contributed by atoms with Crippen molar-refractivity contribution in [1.29, 1.82) is 0 Å². The number of hydrogen-bond acceptors (Lipinski definition) is 7. The lowest BCUT2D eigenvalue weighted by Crippen LogP contribution is -2.39. The Morgan fingerprint density at radius 2 is 2.12 bits per heavy atom. The average Bonchev–Trinajstić information content (AvgIpc) is 3.42. The van der Waals surface area contributed by atoms with E-state index in [1.807, 2.05) is 29.6 Å². The van der Waals surface area contributed by atoms with Crippen molar-refractivity contribution in [3.63, 3.8) is 0 Å². The van der Waals surface area contributed by atoms with Gasteiger partial charge in [0.25, 0.3) is 11.8 Å². The molecule has 0 aliphatic carbocycles. The van der Waals surface area contributed by atoms with Gasteiger partial charge in [-0.25, -0.2) is 4.68 Å². The number of hydrogen-bond donors (Lipinski definition) is 0. The molecule has 0 saturated carbocycles. The highest BCUT2D eigenvalue weighted by Gasteiger charge is 2.26. The highest BCUT2D eigenvalue weighted by atomic mass is 16.5. The van der Waals surface area contributed by atoms with Gasteiger partial charge in [-0.15, -0.1) is 5.10 Å². The fraction of sp³-hybridized carbons (Fsp3) is 0.471. The molecule has 0 aromatic carbocycles. The highest BCUT2D eigenvalue weighted by Crippen LogP contribution is 2.25. The first-order chi connectivity index (χ1) is 12.6. The molecule has 1 amide bonds. The van der Waals surface area contributed by atoms with Gasteiger partial charge in [-0.3, -0.25) is 4.79 Å². The summed E-state index contributed by atoms with van der Waals surface area (Å²) in [4.78, 5) is 18.5. The molecule has 0 unspecified atom stereocenters. The van der Waals surface area contributed by atoms with E-state index in [-0.39, 0.29) is 17.9 Å². The summed E-state index contributed by atoms with van der Waals surface area (Å²) in [6.45, 7) is 5.35. The molecule has 4 heterocycles. The minimum atomic E-state index is 0.00329. The molecule has 4 rings (SSSR count). The summed E-state index contributed by atoms with van der Waals surface area (Å²) in [7, 11) is 0. The topological polar surface area (TPSA) is 103 Å². The third-order valence-electron chi connectivity index (χ3n) is 4.58. The predicted octanol–water partition coefficient (Wildman–Crippen LogP) is 2.52. The van der Waals surface area contributed by atoms with Crippen molar-refractivity contribution in [2.75, 3.05) is 13.1 Å². The van der Waals surface area contributed by atoms with Crippen LogP contribution in [0.25, 0.3) is 11.6 Å². The molecule has 136 valence electrons. The summed E-state index contributed by atoms with van der Waals surface area (Å²) in [5.41, 5.74) is 1.16. The molecular formula is C17H20N6O3. The molecule has 3 aromatic rings. The van der Waals surface area contributed by atoms with Crippen LogP contribution >= 0.6 is 0 Å². The van der Waals surface area contributed by atoms with Gasteiger partial charge < -0.3 is 13.8 Å². The normalized spacial score (nSPS) is 15.7. The smallest absolute Gasteiger partial charge is 0.280 e. The van der Waals surface area contributed by atoms with Crippen molar-refractivity contribution in [2.45, 2.75) is 38.6 Å². The van der Waals surface area contributed by atoms with E-state index < -0.39 is 0 Å². The molecule has 0 spiro atoms. The Labute approximate surface area is 150 Å². The zero-order chi connectivity index (χ0) is 18.1. The minimum Gasteiger partial charge on any atom is -0.472 e. The van der Waals surface area contributed by atoms with Crippen LogP contribution in [0, 0.1) is 0 Å². The molecule has 1 aliphatic heterocycles. The quantitative estimate of drug-likeness (QED) is 0.707. The van der Waals surface area contributed by atoms with Gasteiger partial charge in [0.2, 0.25) is 0 Å². The fourth-order valence-corrected chi connectivity index (χ4v) is 3.03. The van der Waals surface area contributed by atoms with Crippen LogP contribution in [-0.4, -0.2) is 49.0 Å². The average molecular weight is 356 g/mol. The summed E-state index contributed by atoms with van der Waals surface area (Å²) >= 11 is 0. The SMILES string of the molecule is CC(C)c1noc(-c2cn(C3CCN(C(=O)c4ccoc4)CC3)nn2)n1. The van der Waals surface area contributed by atoms with E-state index >= 15 is 0 Å². The Morgan fingerprint density at radius 3 is 2.77 bits per heavy atom. The molecule has 1 aliphatic rings. The van der Waals surface area contributed by atoms with Crippen LogP contribution < -0.4 is 0 Å². The van der Waals surface area contributed by atoms with Crippen LogP contribution in [0.1, 0.15) is 54.8 Å². The van der Waals surface area contributed by atoms with Gasteiger partial charge in [0.05, 0.1) is 24.1 Å². The number of furan rings is 1. The molecule has 1 fully saturated rings. The number of nitrogens with zero attached hydrogens (tertiary/aromatic N) is 6. The van der Waals surface area contributed by atoms with E-state index in [9.17, 15) is 4.79 Å². The van der Waals surface area contributed by atoms with E-state index in [0.29, 0.717) is 36.1 Å². The summed E-state index contributed by atoms with van der Waals surface area (Å²) < 4.78 is 12.1. The molecule has 9 nitrogen and oxygen atoms in total. The van der Waals surface area contributed by atoms with Crippen molar-refractivity contribution >= 4 is 5.91 Å². The van der Waals surface area contributed by atoms with Gasteiger partial charge in [0.15, 0.2) is 11.5 Å². The van der Waals surface area contributed by atoms with Gasteiger partial charge in [0.1, 0.15) is 6.26 Å². The number of likely N-dealkylation sites (tertiary alicyclic amines) is 1. The second-order valence-electron chi connectivity index (χ2n) is 6.73. The minimum absolute atomic E-state index is 0.00329. The first-order valence-electron chi connectivity index (χ1n) is 8.69. The number of carbonyl (C=O) groups is 1. The summed E-state index contributed by atoms with van der Waals surface area (Å²) in [6, 6.07) is 1.88. The second kappa shape index (κ2) is 6.74. The number of rotatable bonds is 4. The lowest BCUT2D eigenvalue weighted by Gasteiger charge is -2.31. The third-order valence-corrected chi connectivity index (χ3v) is 4.58. The number of piperidine rings is 1. The van der Waals surface area contributed by atoms with Crippen LogP contribution in [0.2, 0.25) is 0 Å². The maximum absolute atomic E-state index is 12.4. The van der Waals surface area contributed by atoms with E-state index in [2.05, 4.69) is 20.5 Å². The lowest BCUT2D eigenvalue weighted by molar-refractivity contribution is 0.0688. The molecule has 26 heavy (non-hydrogen) atoms. The van der Waals surface area contributed by atoms with Gasteiger partial charge in [0, 0.05) is 19.0 Å². The zero-order valence-corrected chi connectivity index (χ0v) is 14.7. The largest absolute Gasteiger partial charge is 0.472 e. The van der Waals surface area contributed by atoms with Gasteiger partial charge in [-0.05, 0) is 18.9 Å². The lowest BCUT2D eigenvalue weighted by atomic mass is 10.0. The van der Waals surface area contributed by atoms with Crippen LogP contribution in [0.3, 0.4) is 0 Å². The molecule has 0 atom stereocenters. The number of aromatic nitrogens is 5. The first-order valence-corrected chi connectivity index (χ1v) is 8.69. The van der Waals surface area contributed by atoms with Crippen molar-refractivity contribution < 1.29 is 13.7 Å². The van der Waals surface area contributed by atoms with Crippen molar-refractivity contribution in [3.8, 4) is 11.6 Å². The van der Waals surface area contributed by atoms with Crippen LogP contribution in [-0.2, 0) is 0 Å². The summed E-state index contributed by atoms with van der Waals surface area (Å²) in [6.07, 6.45) is 6.45. The highest BCUT2D eigenvalue weighted by molar-refractivity contribution is 5.93. The number of carbonyl (C=O) groups excluding carboxylic acids is 1. The molecule has 0 radical (unpaired) electrons. The van der Waals surface area contributed by atoms with Crippen LogP contribution in [0.5, 0.6) is 0 Å². The zero-order valence-electron chi connectivity index (χ0n) is 14.7. The Hall–Kier alpha value is -2.97. The second-order valence-corrected chi connectivity index (χ2v) is 6.73. The summed E-state index contributed by atoms with van der Waals surface area (Å²) in [5, 5.41) is 12.3. The van der Waals surface area contributed by atoms with Crippen LogP contribution in [0.4, 0.5) is 0 Å². The maximum Gasteiger partial charge on any atom is 0.280 e. The van der Waals surface area contributed by atoms with E-state index in [4.69, 9.17) is 8.94 Å². The van der Waals surface area contributed by atoms with Crippen molar-refractivity contribution in [2.24, 2.45) is 0 Å². The van der Waals surface area contributed by atoms with Gasteiger partial charge in [-0.1, -0.05) is 24.2 Å². The standard InChI is InChI=1S/C17H20N6O3/c1-11(2)15-18-16(26-20-15)14-9-23(21-19-14)13-3-6-22(7-4-13)17(24)12-5-8-25-10-12/h5,8-11,13H,3-4,6-7H2,1-2H3. The first kappa shape index (κ1) is 16.5. The van der Waals surface area contributed by atoms with Crippen molar-refractivity contribution in [3.05, 3.63) is 36.2 Å². The maximum atomic E-state index is 12.4. The molecule has 0 bridgehead atoms. The Morgan fingerprint density at radius 1 is 1.31 bits per heavy atom. The monoisotopic (exact) mass is 356 g/mol. The molecule has 1 saturated heterocycles. The Bertz CT molecular complexity index is 874. The Balaban J connectivity index is 1.40. The van der Waals surface area contributed by atoms with Gasteiger partial charge >= 0.3 is 0 Å². The van der Waals surface area contributed by atoms with Crippen molar-refractivity contribution in [1.82, 2.24) is 30.0 Å². The van der Waals surface area contributed by atoms with Gasteiger partial charge in [-0.2, -0.15) is 4.98 Å². The third kappa shape index (κ3) is 3.12. The van der Waals surface area contributed by atoms with E-state index in [0.717, 1.165) is 12.8 Å².